The van der Waals surface area contributed by atoms with Crippen LogP contribution in [0, 0.1) is 12.8 Å². The molecule has 0 bridgehead atoms. The molecule has 1 aliphatic heterocycles. The molecule has 1 aliphatic rings. The minimum atomic E-state index is 0.370. The number of benzene rings is 2. The number of nitrogens with one attached hydrogen (secondary N) is 3. The van der Waals surface area contributed by atoms with E-state index in [4.69, 9.17) is 0 Å². The van der Waals surface area contributed by atoms with Gasteiger partial charge in [0.15, 0.2) is 0 Å². The standard InChI is InChI=1S/C20H28N4/c1-15-4-8-17(9-5-15)20-18(14-22-23-20)13-21-12-16-6-10-19(11-7-16)24(2)3/h4-11,18,20-23H,12-14H2,1-3H3. The molecule has 2 aromatic carbocycles. The van der Waals surface area contributed by atoms with Gasteiger partial charge in [-0.05, 0) is 30.2 Å². The van der Waals surface area contributed by atoms with Crippen LogP contribution in [0.3, 0.4) is 0 Å². The van der Waals surface area contributed by atoms with Gasteiger partial charge < -0.3 is 10.2 Å². The Balaban J connectivity index is 1.53. The van der Waals surface area contributed by atoms with Gasteiger partial charge >= 0.3 is 0 Å². The first-order chi connectivity index (χ1) is 11.6. The molecule has 0 aliphatic carbocycles. The van der Waals surface area contributed by atoms with Crippen molar-refractivity contribution in [3.05, 3.63) is 65.2 Å². The largest absolute Gasteiger partial charge is 0.378 e. The third kappa shape index (κ3) is 4.15. The summed E-state index contributed by atoms with van der Waals surface area (Å²) in [4.78, 5) is 2.12. The monoisotopic (exact) mass is 324 g/mol. The maximum absolute atomic E-state index is 3.61. The molecule has 0 spiro atoms. The molecule has 128 valence electrons. The first-order valence-corrected chi connectivity index (χ1v) is 8.65. The third-order valence-corrected chi connectivity index (χ3v) is 4.72. The summed E-state index contributed by atoms with van der Waals surface area (Å²) in [7, 11) is 4.14. The molecule has 2 unspecified atom stereocenters. The van der Waals surface area contributed by atoms with E-state index >= 15 is 0 Å². The molecule has 3 N–H and O–H groups in total. The van der Waals surface area contributed by atoms with Crippen molar-refractivity contribution in [2.24, 2.45) is 5.92 Å². The van der Waals surface area contributed by atoms with E-state index in [1.54, 1.807) is 0 Å². The summed E-state index contributed by atoms with van der Waals surface area (Å²) in [6, 6.07) is 17.9. The molecule has 0 radical (unpaired) electrons. The van der Waals surface area contributed by atoms with Gasteiger partial charge in [0.2, 0.25) is 0 Å². The van der Waals surface area contributed by atoms with Crippen LogP contribution < -0.4 is 21.1 Å². The minimum absolute atomic E-state index is 0.370. The highest BCUT2D eigenvalue weighted by atomic mass is 15.4. The predicted molar refractivity (Wildman–Crippen MR) is 101 cm³/mol. The number of hydrogen-bond acceptors (Lipinski definition) is 4. The van der Waals surface area contributed by atoms with Gasteiger partial charge in [-0.15, -0.1) is 0 Å². The highest BCUT2D eigenvalue weighted by Crippen LogP contribution is 2.24. The Morgan fingerprint density at radius 1 is 1.04 bits per heavy atom. The van der Waals surface area contributed by atoms with Gasteiger partial charge in [0.25, 0.3) is 0 Å². The number of anilines is 1. The van der Waals surface area contributed by atoms with Crippen LogP contribution in [0.2, 0.25) is 0 Å². The number of aryl methyl sites for hydroxylation is 1. The first kappa shape index (κ1) is 17.0. The summed E-state index contributed by atoms with van der Waals surface area (Å²) in [6.45, 7) is 5.02. The molecule has 2 aromatic rings. The van der Waals surface area contributed by atoms with Gasteiger partial charge in [-0.25, -0.2) is 5.43 Å². The molecule has 1 saturated heterocycles. The van der Waals surface area contributed by atoms with Crippen molar-refractivity contribution >= 4 is 5.69 Å². The highest BCUT2D eigenvalue weighted by Gasteiger charge is 2.27. The van der Waals surface area contributed by atoms with Crippen molar-refractivity contribution in [1.82, 2.24) is 16.2 Å². The summed E-state index contributed by atoms with van der Waals surface area (Å²) >= 11 is 0. The summed E-state index contributed by atoms with van der Waals surface area (Å²) < 4.78 is 0. The van der Waals surface area contributed by atoms with Crippen molar-refractivity contribution in [2.45, 2.75) is 19.5 Å². The normalized spacial score (nSPS) is 20.3. The Morgan fingerprint density at radius 3 is 2.42 bits per heavy atom. The average molecular weight is 324 g/mol. The van der Waals surface area contributed by atoms with E-state index in [2.05, 4.69) is 90.6 Å². The van der Waals surface area contributed by atoms with Crippen LogP contribution >= 0.6 is 0 Å². The Labute approximate surface area is 145 Å². The van der Waals surface area contributed by atoms with Crippen LogP contribution in [-0.2, 0) is 6.54 Å². The molecule has 0 aromatic heterocycles. The lowest BCUT2D eigenvalue weighted by molar-refractivity contribution is 0.441. The Morgan fingerprint density at radius 2 is 1.75 bits per heavy atom. The topological polar surface area (TPSA) is 39.3 Å². The fraction of sp³-hybridized carbons (Fsp3) is 0.400. The molecule has 2 atom stereocenters. The van der Waals surface area contributed by atoms with Crippen molar-refractivity contribution in [3.8, 4) is 0 Å². The van der Waals surface area contributed by atoms with Crippen molar-refractivity contribution in [3.63, 3.8) is 0 Å². The second kappa shape index (κ2) is 7.79. The Bertz CT molecular complexity index is 634. The van der Waals surface area contributed by atoms with E-state index < -0.39 is 0 Å². The minimum Gasteiger partial charge on any atom is -0.378 e. The van der Waals surface area contributed by atoms with Crippen molar-refractivity contribution in [1.29, 1.82) is 0 Å². The zero-order chi connectivity index (χ0) is 16.9. The number of rotatable bonds is 6. The second-order valence-electron chi connectivity index (χ2n) is 6.87. The molecule has 0 amide bonds. The van der Waals surface area contributed by atoms with E-state index in [9.17, 15) is 0 Å². The van der Waals surface area contributed by atoms with Crippen LogP contribution in [0.25, 0.3) is 0 Å². The van der Waals surface area contributed by atoms with E-state index in [0.29, 0.717) is 12.0 Å². The second-order valence-corrected chi connectivity index (χ2v) is 6.87. The average Bonchev–Trinajstić information content (AvgIpc) is 3.04. The molecule has 1 fully saturated rings. The maximum Gasteiger partial charge on any atom is 0.0515 e. The predicted octanol–water partition coefficient (Wildman–Crippen LogP) is 2.62. The van der Waals surface area contributed by atoms with Crippen LogP contribution in [0.5, 0.6) is 0 Å². The van der Waals surface area contributed by atoms with Gasteiger partial charge in [-0.1, -0.05) is 42.0 Å². The molecule has 4 nitrogen and oxygen atoms in total. The number of hydrazine groups is 1. The lowest BCUT2D eigenvalue weighted by Gasteiger charge is -2.20. The summed E-state index contributed by atoms with van der Waals surface area (Å²) in [5, 5.41) is 3.61. The van der Waals surface area contributed by atoms with E-state index in [1.165, 1.54) is 22.4 Å². The van der Waals surface area contributed by atoms with Crippen LogP contribution in [0.1, 0.15) is 22.7 Å². The van der Waals surface area contributed by atoms with Crippen LogP contribution in [0.4, 0.5) is 5.69 Å². The Hall–Kier alpha value is -1.88. The maximum atomic E-state index is 3.61. The SMILES string of the molecule is Cc1ccc(C2NNCC2CNCc2ccc(N(C)C)cc2)cc1. The zero-order valence-electron chi connectivity index (χ0n) is 14.8. The van der Waals surface area contributed by atoms with Crippen LogP contribution in [-0.4, -0.2) is 27.2 Å². The van der Waals surface area contributed by atoms with Crippen molar-refractivity contribution < 1.29 is 0 Å². The Kier molecular flexibility index (Phi) is 5.51. The molecular weight excluding hydrogens is 296 g/mol. The highest BCUT2D eigenvalue weighted by molar-refractivity contribution is 5.45. The van der Waals surface area contributed by atoms with E-state index in [-0.39, 0.29) is 0 Å². The zero-order valence-corrected chi connectivity index (χ0v) is 14.8. The van der Waals surface area contributed by atoms with E-state index in [1.807, 2.05) is 0 Å². The molecular formula is C20H28N4. The van der Waals surface area contributed by atoms with Gasteiger partial charge in [0.1, 0.15) is 0 Å². The molecule has 3 rings (SSSR count). The van der Waals surface area contributed by atoms with Gasteiger partial charge in [0.05, 0.1) is 6.04 Å². The van der Waals surface area contributed by atoms with Crippen LogP contribution in [0.15, 0.2) is 48.5 Å². The lowest BCUT2D eigenvalue weighted by atomic mass is 9.94. The molecule has 4 heteroatoms. The quantitative estimate of drug-likeness (QED) is 0.764. The number of hydrogen-bond donors (Lipinski definition) is 3. The smallest absolute Gasteiger partial charge is 0.0515 e. The summed E-state index contributed by atoms with van der Waals surface area (Å²) in [6.07, 6.45) is 0. The lowest BCUT2D eigenvalue weighted by Crippen LogP contribution is -2.28. The third-order valence-electron chi connectivity index (χ3n) is 4.72. The van der Waals surface area contributed by atoms with E-state index in [0.717, 1.165) is 19.6 Å². The fourth-order valence-electron chi connectivity index (χ4n) is 3.17. The molecule has 0 saturated carbocycles. The molecule has 24 heavy (non-hydrogen) atoms. The van der Waals surface area contributed by atoms with Gasteiger partial charge in [-0.3, -0.25) is 5.43 Å². The number of nitrogens with zero attached hydrogens (tertiary/aromatic N) is 1. The van der Waals surface area contributed by atoms with Gasteiger partial charge in [-0.2, -0.15) is 0 Å². The summed E-state index contributed by atoms with van der Waals surface area (Å²) in [5.74, 6) is 0.550. The fourth-order valence-corrected chi connectivity index (χ4v) is 3.17. The first-order valence-electron chi connectivity index (χ1n) is 8.65. The molecule has 1 heterocycles. The summed E-state index contributed by atoms with van der Waals surface area (Å²) in [5.41, 5.74) is 11.9. The van der Waals surface area contributed by atoms with Gasteiger partial charge in [0, 0.05) is 45.3 Å². The van der Waals surface area contributed by atoms with Crippen molar-refractivity contribution in [2.75, 3.05) is 32.1 Å².